The smallest absolute Gasteiger partial charge is 0.237 e. The standard InChI is InChI=1S/C11H20N2O/c1-5-7-8-12-10(4)11(14)13-9(3)6-2/h1,9-10,12H,6-8H2,2-4H3,(H,13,14). The van der Waals surface area contributed by atoms with E-state index in [1.165, 1.54) is 0 Å². The quantitative estimate of drug-likeness (QED) is 0.489. The van der Waals surface area contributed by atoms with Gasteiger partial charge in [-0.25, -0.2) is 0 Å². The van der Waals surface area contributed by atoms with E-state index in [2.05, 4.69) is 16.6 Å². The van der Waals surface area contributed by atoms with Gasteiger partial charge in [-0.1, -0.05) is 6.92 Å². The highest BCUT2D eigenvalue weighted by molar-refractivity contribution is 5.81. The van der Waals surface area contributed by atoms with Crippen LogP contribution in [0.25, 0.3) is 0 Å². The fourth-order valence-electron chi connectivity index (χ4n) is 0.923. The summed E-state index contributed by atoms with van der Waals surface area (Å²) in [4.78, 5) is 11.5. The van der Waals surface area contributed by atoms with Gasteiger partial charge in [0, 0.05) is 19.0 Å². The normalized spacial score (nSPS) is 14.1. The van der Waals surface area contributed by atoms with Gasteiger partial charge >= 0.3 is 0 Å². The van der Waals surface area contributed by atoms with Crippen LogP contribution in [0.15, 0.2) is 0 Å². The van der Waals surface area contributed by atoms with Crippen LogP contribution in [-0.2, 0) is 4.79 Å². The first-order valence-corrected chi connectivity index (χ1v) is 5.09. The van der Waals surface area contributed by atoms with Crippen molar-refractivity contribution in [2.24, 2.45) is 0 Å². The molecule has 0 aliphatic carbocycles. The molecule has 0 aromatic heterocycles. The Kier molecular flexibility index (Phi) is 6.87. The molecule has 0 rings (SSSR count). The lowest BCUT2D eigenvalue weighted by atomic mass is 10.2. The number of nitrogens with one attached hydrogen (secondary N) is 2. The highest BCUT2D eigenvalue weighted by Gasteiger charge is 2.12. The minimum absolute atomic E-state index is 0.0383. The van der Waals surface area contributed by atoms with E-state index >= 15 is 0 Å². The van der Waals surface area contributed by atoms with Gasteiger partial charge in [0.25, 0.3) is 0 Å². The SMILES string of the molecule is C#CCCNC(C)C(=O)NC(C)CC. The third kappa shape index (κ3) is 5.60. The molecule has 0 spiro atoms. The van der Waals surface area contributed by atoms with Gasteiger partial charge in [0.2, 0.25) is 5.91 Å². The maximum Gasteiger partial charge on any atom is 0.237 e. The maximum absolute atomic E-state index is 11.5. The molecule has 2 N–H and O–H groups in total. The highest BCUT2D eigenvalue weighted by atomic mass is 16.2. The second-order valence-corrected chi connectivity index (χ2v) is 3.45. The molecular formula is C11H20N2O. The Morgan fingerprint density at radius 3 is 2.64 bits per heavy atom. The zero-order chi connectivity index (χ0) is 11.0. The summed E-state index contributed by atoms with van der Waals surface area (Å²) in [7, 11) is 0. The molecule has 0 heterocycles. The van der Waals surface area contributed by atoms with Crippen molar-refractivity contribution < 1.29 is 4.79 Å². The zero-order valence-electron chi connectivity index (χ0n) is 9.26. The third-order valence-electron chi connectivity index (χ3n) is 2.11. The Morgan fingerprint density at radius 1 is 1.50 bits per heavy atom. The van der Waals surface area contributed by atoms with Crippen LogP contribution in [0.1, 0.15) is 33.6 Å². The highest BCUT2D eigenvalue weighted by Crippen LogP contribution is 1.90. The fourth-order valence-corrected chi connectivity index (χ4v) is 0.923. The van der Waals surface area contributed by atoms with Gasteiger partial charge < -0.3 is 10.6 Å². The monoisotopic (exact) mass is 196 g/mol. The first-order valence-electron chi connectivity index (χ1n) is 5.09. The molecule has 0 radical (unpaired) electrons. The van der Waals surface area contributed by atoms with E-state index in [1.807, 2.05) is 20.8 Å². The number of terminal acetylenes is 1. The molecule has 0 aromatic carbocycles. The van der Waals surface area contributed by atoms with Crippen molar-refractivity contribution in [1.82, 2.24) is 10.6 Å². The summed E-state index contributed by atoms with van der Waals surface area (Å²) < 4.78 is 0. The summed E-state index contributed by atoms with van der Waals surface area (Å²) in [6, 6.07) is 0.0664. The van der Waals surface area contributed by atoms with Crippen LogP contribution in [0.4, 0.5) is 0 Å². The number of carbonyl (C=O) groups is 1. The van der Waals surface area contributed by atoms with E-state index in [9.17, 15) is 4.79 Å². The second kappa shape index (κ2) is 7.40. The average molecular weight is 196 g/mol. The Morgan fingerprint density at radius 2 is 2.14 bits per heavy atom. The van der Waals surface area contributed by atoms with Crippen LogP contribution in [0.2, 0.25) is 0 Å². The van der Waals surface area contributed by atoms with Crippen LogP contribution in [0.3, 0.4) is 0 Å². The minimum Gasteiger partial charge on any atom is -0.352 e. The topological polar surface area (TPSA) is 41.1 Å². The van der Waals surface area contributed by atoms with Crippen LogP contribution < -0.4 is 10.6 Å². The largest absolute Gasteiger partial charge is 0.352 e. The van der Waals surface area contributed by atoms with Gasteiger partial charge in [0.15, 0.2) is 0 Å². The molecule has 0 aliphatic heterocycles. The predicted molar refractivity (Wildman–Crippen MR) is 58.8 cm³/mol. The molecule has 1 amide bonds. The van der Waals surface area contributed by atoms with E-state index < -0.39 is 0 Å². The van der Waals surface area contributed by atoms with E-state index in [0.717, 1.165) is 6.42 Å². The van der Waals surface area contributed by atoms with Crippen LogP contribution in [0.5, 0.6) is 0 Å². The summed E-state index contributed by atoms with van der Waals surface area (Å²) >= 11 is 0. The van der Waals surface area contributed by atoms with Crippen molar-refractivity contribution in [2.75, 3.05) is 6.54 Å². The van der Waals surface area contributed by atoms with E-state index in [0.29, 0.717) is 13.0 Å². The molecule has 0 aromatic rings. The summed E-state index contributed by atoms with van der Waals surface area (Å²) in [5.74, 6) is 2.56. The lowest BCUT2D eigenvalue weighted by Gasteiger charge is -2.16. The lowest BCUT2D eigenvalue weighted by Crippen LogP contribution is -2.45. The van der Waals surface area contributed by atoms with E-state index in [1.54, 1.807) is 0 Å². The number of carbonyl (C=O) groups excluding carboxylic acids is 1. The molecule has 0 saturated carbocycles. The van der Waals surface area contributed by atoms with Crippen LogP contribution in [-0.4, -0.2) is 24.5 Å². The van der Waals surface area contributed by atoms with Crippen LogP contribution in [0, 0.1) is 12.3 Å². The van der Waals surface area contributed by atoms with Gasteiger partial charge in [-0.2, -0.15) is 0 Å². The number of hydrogen-bond donors (Lipinski definition) is 2. The average Bonchev–Trinajstić information content (AvgIpc) is 2.17. The molecule has 14 heavy (non-hydrogen) atoms. The Bertz CT molecular complexity index is 208. The minimum atomic E-state index is -0.169. The molecule has 0 fully saturated rings. The Labute approximate surface area is 86.6 Å². The maximum atomic E-state index is 11.5. The van der Waals surface area contributed by atoms with Gasteiger partial charge in [-0.15, -0.1) is 12.3 Å². The zero-order valence-corrected chi connectivity index (χ0v) is 9.26. The van der Waals surface area contributed by atoms with Crippen molar-refractivity contribution in [3.8, 4) is 12.3 Å². The first-order chi connectivity index (χ1) is 6.61. The summed E-state index contributed by atoms with van der Waals surface area (Å²) in [6.07, 6.45) is 6.70. The van der Waals surface area contributed by atoms with Gasteiger partial charge in [0.05, 0.1) is 6.04 Å². The molecule has 0 saturated heterocycles. The van der Waals surface area contributed by atoms with Crippen molar-refractivity contribution >= 4 is 5.91 Å². The summed E-state index contributed by atoms with van der Waals surface area (Å²) in [5.41, 5.74) is 0. The second-order valence-electron chi connectivity index (χ2n) is 3.45. The number of hydrogen-bond acceptors (Lipinski definition) is 2. The Balaban J connectivity index is 3.71. The number of amides is 1. The molecule has 0 bridgehead atoms. The van der Waals surface area contributed by atoms with Crippen molar-refractivity contribution in [3.63, 3.8) is 0 Å². The third-order valence-corrected chi connectivity index (χ3v) is 2.11. The predicted octanol–water partition coefficient (Wildman–Crippen LogP) is 0.902. The van der Waals surface area contributed by atoms with Gasteiger partial charge in [0.1, 0.15) is 0 Å². The van der Waals surface area contributed by atoms with Gasteiger partial charge in [-0.3, -0.25) is 4.79 Å². The van der Waals surface area contributed by atoms with Crippen LogP contribution >= 0.6 is 0 Å². The fraction of sp³-hybridized carbons (Fsp3) is 0.727. The first kappa shape index (κ1) is 13.0. The van der Waals surface area contributed by atoms with Crippen molar-refractivity contribution in [1.29, 1.82) is 0 Å². The van der Waals surface area contributed by atoms with E-state index in [4.69, 9.17) is 6.42 Å². The summed E-state index contributed by atoms with van der Waals surface area (Å²) in [5, 5.41) is 5.96. The Hall–Kier alpha value is -1.01. The molecule has 3 heteroatoms. The number of rotatable bonds is 6. The molecule has 3 nitrogen and oxygen atoms in total. The lowest BCUT2D eigenvalue weighted by molar-refractivity contribution is -0.123. The van der Waals surface area contributed by atoms with E-state index in [-0.39, 0.29) is 18.0 Å². The molecule has 0 aliphatic rings. The molecular weight excluding hydrogens is 176 g/mol. The molecule has 80 valence electrons. The van der Waals surface area contributed by atoms with Crippen molar-refractivity contribution in [2.45, 2.75) is 45.7 Å². The summed E-state index contributed by atoms with van der Waals surface area (Å²) in [6.45, 7) is 6.56. The van der Waals surface area contributed by atoms with Crippen molar-refractivity contribution in [3.05, 3.63) is 0 Å². The van der Waals surface area contributed by atoms with Gasteiger partial charge in [-0.05, 0) is 20.3 Å². The molecule has 2 atom stereocenters. The molecule has 2 unspecified atom stereocenters.